The zero-order valence-electron chi connectivity index (χ0n) is 12.3. The number of thiazole rings is 1. The Balaban J connectivity index is 2.46. The standard InChI is InChI=1S/C15H20N2O2S/c1-5-11-14(9(2)16)20-15(17-11)10-6-7-12(18-3)13(8-10)19-4/h6-9H,5,16H2,1-4H3. The summed E-state index contributed by atoms with van der Waals surface area (Å²) in [6.07, 6.45) is 0.890. The van der Waals surface area contributed by atoms with Crippen LogP contribution in [-0.2, 0) is 6.42 Å². The zero-order chi connectivity index (χ0) is 14.7. The van der Waals surface area contributed by atoms with Crippen LogP contribution in [0.5, 0.6) is 11.5 Å². The minimum atomic E-state index is 0.0105. The summed E-state index contributed by atoms with van der Waals surface area (Å²) < 4.78 is 10.6. The van der Waals surface area contributed by atoms with Crippen molar-refractivity contribution in [2.75, 3.05) is 14.2 Å². The summed E-state index contributed by atoms with van der Waals surface area (Å²) in [5.74, 6) is 1.43. The quantitative estimate of drug-likeness (QED) is 0.917. The first-order valence-electron chi connectivity index (χ1n) is 6.58. The summed E-state index contributed by atoms with van der Waals surface area (Å²) in [4.78, 5) is 5.84. The summed E-state index contributed by atoms with van der Waals surface area (Å²) in [6, 6.07) is 5.84. The van der Waals surface area contributed by atoms with Crippen LogP contribution in [0.2, 0.25) is 0 Å². The molecule has 0 saturated heterocycles. The second-order valence-electron chi connectivity index (χ2n) is 4.54. The number of methoxy groups -OCH3 is 2. The number of rotatable bonds is 5. The first-order chi connectivity index (χ1) is 9.60. The first-order valence-corrected chi connectivity index (χ1v) is 7.39. The predicted octanol–water partition coefficient (Wildman–Crippen LogP) is 3.41. The van der Waals surface area contributed by atoms with Crippen molar-refractivity contribution < 1.29 is 9.47 Å². The van der Waals surface area contributed by atoms with Crippen molar-refractivity contribution in [3.63, 3.8) is 0 Å². The van der Waals surface area contributed by atoms with Gasteiger partial charge in [-0.3, -0.25) is 0 Å². The largest absolute Gasteiger partial charge is 0.493 e. The van der Waals surface area contributed by atoms with E-state index in [0.29, 0.717) is 5.75 Å². The van der Waals surface area contributed by atoms with Gasteiger partial charge in [0.15, 0.2) is 11.5 Å². The molecular weight excluding hydrogens is 272 g/mol. The fourth-order valence-corrected chi connectivity index (χ4v) is 3.17. The van der Waals surface area contributed by atoms with Crippen molar-refractivity contribution in [1.82, 2.24) is 4.98 Å². The Morgan fingerprint density at radius 3 is 2.45 bits per heavy atom. The van der Waals surface area contributed by atoms with E-state index in [1.54, 1.807) is 25.6 Å². The normalized spacial score (nSPS) is 12.2. The lowest BCUT2D eigenvalue weighted by Crippen LogP contribution is -2.05. The Hall–Kier alpha value is -1.59. The third kappa shape index (κ3) is 2.78. The maximum atomic E-state index is 6.01. The first kappa shape index (κ1) is 14.8. The van der Waals surface area contributed by atoms with Crippen LogP contribution in [0.1, 0.15) is 30.5 Å². The molecule has 108 valence electrons. The number of hydrogen-bond donors (Lipinski definition) is 1. The van der Waals surface area contributed by atoms with E-state index in [1.165, 1.54) is 0 Å². The van der Waals surface area contributed by atoms with E-state index in [1.807, 2.05) is 25.1 Å². The molecule has 0 radical (unpaired) electrons. The molecule has 20 heavy (non-hydrogen) atoms. The van der Waals surface area contributed by atoms with Gasteiger partial charge in [-0.15, -0.1) is 11.3 Å². The summed E-state index contributed by atoms with van der Waals surface area (Å²) in [5, 5.41) is 0.968. The Kier molecular flexibility index (Phi) is 4.62. The molecule has 1 aromatic heterocycles. The molecule has 1 aromatic carbocycles. The van der Waals surface area contributed by atoms with Crippen LogP contribution >= 0.6 is 11.3 Å². The summed E-state index contributed by atoms with van der Waals surface area (Å²) >= 11 is 1.65. The van der Waals surface area contributed by atoms with Crippen LogP contribution in [0.25, 0.3) is 10.6 Å². The van der Waals surface area contributed by atoms with E-state index in [4.69, 9.17) is 20.2 Å². The molecule has 0 saturated carbocycles. The van der Waals surface area contributed by atoms with E-state index in [0.717, 1.165) is 33.3 Å². The van der Waals surface area contributed by atoms with E-state index >= 15 is 0 Å². The van der Waals surface area contributed by atoms with Crippen LogP contribution in [0.3, 0.4) is 0 Å². The minimum Gasteiger partial charge on any atom is -0.493 e. The lowest BCUT2D eigenvalue weighted by molar-refractivity contribution is 0.355. The molecule has 2 aromatic rings. The highest BCUT2D eigenvalue weighted by Gasteiger charge is 2.15. The van der Waals surface area contributed by atoms with E-state index in [-0.39, 0.29) is 6.04 Å². The fourth-order valence-electron chi connectivity index (χ4n) is 2.07. The van der Waals surface area contributed by atoms with Crippen molar-refractivity contribution in [2.24, 2.45) is 5.73 Å². The monoisotopic (exact) mass is 292 g/mol. The molecule has 0 fully saturated rings. The molecule has 2 rings (SSSR count). The van der Waals surface area contributed by atoms with E-state index < -0.39 is 0 Å². The number of nitrogens with zero attached hydrogens (tertiary/aromatic N) is 1. The summed E-state index contributed by atoms with van der Waals surface area (Å²) in [6.45, 7) is 4.09. The molecule has 0 spiro atoms. The van der Waals surface area contributed by atoms with Gasteiger partial charge in [-0.05, 0) is 31.5 Å². The van der Waals surface area contributed by atoms with Gasteiger partial charge in [-0.2, -0.15) is 0 Å². The van der Waals surface area contributed by atoms with Gasteiger partial charge in [0.1, 0.15) is 5.01 Å². The van der Waals surface area contributed by atoms with Crippen molar-refractivity contribution in [1.29, 1.82) is 0 Å². The van der Waals surface area contributed by atoms with Gasteiger partial charge in [-0.25, -0.2) is 4.98 Å². The van der Waals surface area contributed by atoms with Gasteiger partial charge in [0.2, 0.25) is 0 Å². The fraction of sp³-hybridized carbons (Fsp3) is 0.400. The highest BCUT2D eigenvalue weighted by Crippen LogP contribution is 2.36. The molecule has 0 bridgehead atoms. The summed E-state index contributed by atoms with van der Waals surface area (Å²) in [5.41, 5.74) is 8.11. The number of nitrogens with two attached hydrogens (primary N) is 1. The van der Waals surface area contributed by atoms with Crippen LogP contribution in [0.4, 0.5) is 0 Å². The van der Waals surface area contributed by atoms with Gasteiger partial charge >= 0.3 is 0 Å². The highest BCUT2D eigenvalue weighted by atomic mass is 32.1. The molecule has 0 aliphatic rings. The minimum absolute atomic E-state index is 0.0105. The predicted molar refractivity (Wildman–Crippen MR) is 82.6 cm³/mol. The number of aryl methyl sites for hydroxylation is 1. The van der Waals surface area contributed by atoms with Crippen LogP contribution < -0.4 is 15.2 Å². The molecule has 2 N–H and O–H groups in total. The lowest BCUT2D eigenvalue weighted by atomic mass is 10.2. The van der Waals surface area contributed by atoms with Gasteiger partial charge in [-0.1, -0.05) is 6.92 Å². The molecule has 1 unspecified atom stereocenters. The van der Waals surface area contributed by atoms with Gasteiger partial charge in [0.25, 0.3) is 0 Å². The number of ether oxygens (including phenoxy) is 2. The molecule has 0 aliphatic carbocycles. The second kappa shape index (κ2) is 6.24. The third-order valence-electron chi connectivity index (χ3n) is 3.11. The van der Waals surface area contributed by atoms with Crippen LogP contribution in [0.15, 0.2) is 18.2 Å². The average Bonchev–Trinajstić information content (AvgIpc) is 2.91. The van der Waals surface area contributed by atoms with Crippen LogP contribution in [-0.4, -0.2) is 19.2 Å². The van der Waals surface area contributed by atoms with Gasteiger partial charge < -0.3 is 15.2 Å². The molecule has 4 nitrogen and oxygen atoms in total. The second-order valence-corrected chi connectivity index (χ2v) is 5.57. The average molecular weight is 292 g/mol. The molecular formula is C15H20N2O2S. The van der Waals surface area contributed by atoms with Crippen molar-refractivity contribution in [3.05, 3.63) is 28.8 Å². The Bertz CT molecular complexity index is 594. The topological polar surface area (TPSA) is 57.4 Å². The number of benzene rings is 1. The number of hydrogen-bond acceptors (Lipinski definition) is 5. The van der Waals surface area contributed by atoms with Crippen LogP contribution in [0, 0.1) is 0 Å². The Morgan fingerprint density at radius 1 is 1.25 bits per heavy atom. The maximum Gasteiger partial charge on any atom is 0.161 e. The number of aromatic nitrogens is 1. The molecule has 0 aliphatic heterocycles. The smallest absolute Gasteiger partial charge is 0.161 e. The Labute approximate surface area is 123 Å². The SMILES string of the molecule is CCc1nc(-c2ccc(OC)c(OC)c2)sc1C(C)N. The van der Waals surface area contributed by atoms with Crippen molar-refractivity contribution >= 4 is 11.3 Å². The van der Waals surface area contributed by atoms with E-state index in [2.05, 4.69) is 6.92 Å². The highest BCUT2D eigenvalue weighted by molar-refractivity contribution is 7.15. The maximum absolute atomic E-state index is 6.01. The van der Waals surface area contributed by atoms with Crippen molar-refractivity contribution in [3.8, 4) is 22.1 Å². The van der Waals surface area contributed by atoms with E-state index in [9.17, 15) is 0 Å². The molecule has 0 amide bonds. The zero-order valence-corrected chi connectivity index (χ0v) is 13.1. The van der Waals surface area contributed by atoms with Crippen molar-refractivity contribution in [2.45, 2.75) is 26.3 Å². The lowest BCUT2D eigenvalue weighted by Gasteiger charge is -2.08. The molecule has 5 heteroatoms. The molecule has 1 heterocycles. The van der Waals surface area contributed by atoms with Gasteiger partial charge in [0.05, 0.1) is 19.9 Å². The Morgan fingerprint density at radius 2 is 1.95 bits per heavy atom. The van der Waals surface area contributed by atoms with Gasteiger partial charge in [0, 0.05) is 16.5 Å². The summed E-state index contributed by atoms with van der Waals surface area (Å²) in [7, 11) is 3.26. The third-order valence-corrected chi connectivity index (χ3v) is 4.45. The molecule has 1 atom stereocenters.